The Labute approximate surface area is 272 Å². The Balaban J connectivity index is 1.35. The number of halogens is 3. The molecule has 0 spiro atoms. The lowest BCUT2D eigenvalue weighted by atomic mass is 10.0. The molecule has 3 amide bonds. The van der Waals surface area contributed by atoms with Crippen LogP contribution in [0.3, 0.4) is 0 Å². The van der Waals surface area contributed by atoms with Crippen LogP contribution in [0, 0.1) is 5.92 Å². The molecular formula is C36H39F3N4O4. The smallest absolute Gasteiger partial charge is 0.416 e. The van der Waals surface area contributed by atoms with Crippen molar-refractivity contribution in [2.45, 2.75) is 45.1 Å². The summed E-state index contributed by atoms with van der Waals surface area (Å²) in [7, 11) is 1.86. The van der Waals surface area contributed by atoms with E-state index in [-0.39, 0.29) is 24.9 Å². The molecule has 1 aliphatic heterocycles. The van der Waals surface area contributed by atoms with Gasteiger partial charge in [-0.3, -0.25) is 9.69 Å². The molecule has 0 saturated heterocycles. The number of aliphatic hydroxyl groups excluding tert-OH is 1. The maximum atomic E-state index is 13.6. The van der Waals surface area contributed by atoms with Crippen molar-refractivity contribution >= 4 is 34.1 Å². The first-order valence-corrected chi connectivity index (χ1v) is 15.5. The molecule has 3 N–H and O–H groups in total. The fraction of sp³-hybridized carbons (Fsp3) is 0.333. The van der Waals surface area contributed by atoms with Gasteiger partial charge in [-0.05, 0) is 61.3 Å². The number of fused-ring (bicyclic) bond motifs is 2. The molecule has 0 aromatic heterocycles. The Kier molecular flexibility index (Phi) is 10.4. The molecule has 1 aliphatic rings. The number of nitrogens with one attached hydrogen (secondary N) is 2. The van der Waals surface area contributed by atoms with Crippen molar-refractivity contribution in [1.29, 1.82) is 0 Å². The summed E-state index contributed by atoms with van der Waals surface area (Å²) in [6.45, 7) is 4.70. The fourth-order valence-corrected chi connectivity index (χ4v) is 5.83. The molecule has 0 fully saturated rings. The maximum absolute atomic E-state index is 13.6. The van der Waals surface area contributed by atoms with Gasteiger partial charge in [0.05, 0.1) is 30.3 Å². The van der Waals surface area contributed by atoms with Crippen molar-refractivity contribution in [3.05, 3.63) is 102 Å². The second-order valence-corrected chi connectivity index (χ2v) is 12.2. The highest BCUT2D eigenvalue weighted by molar-refractivity contribution is 6.06. The Morgan fingerprint density at radius 2 is 1.77 bits per heavy atom. The predicted octanol–water partition coefficient (Wildman–Crippen LogP) is 6.78. The highest BCUT2D eigenvalue weighted by Gasteiger charge is 2.32. The third-order valence-corrected chi connectivity index (χ3v) is 8.44. The minimum absolute atomic E-state index is 0.000961. The third-order valence-electron chi connectivity index (χ3n) is 8.44. The SMILES string of the molecule is C[C@@H]1CN([C@H](C)CO)C(=O)Cc2cc(NC(=O)Nc3cccc4ccccc34)ccc2O[C@@H]1CN(C)Cc1ccc(C(F)(F)F)cc1. The summed E-state index contributed by atoms with van der Waals surface area (Å²) >= 11 is 0. The number of likely N-dealkylation sites (N-methyl/N-ethyl adjacent to an activating group) is 1. The molecule has 5 rings (SSSR count). The molecule has 0 radical (unpaired) electrons. The number of aliphatic hydroxyl groups is 1. The average molecular weight is 649 g/mol. The lowest BCUT2D eigenvalue weighted by molar-refractivity contribution is -0.137. The first-order valence-electron chi connectivity index (χ1n) is 15.5. The van der Waals surface area contributed by atoms with Crippen molar-refractivity contribution in [1.82, 2.24) is 9.80 Å². The number of nitrogens with zero attached hydrogens (tertiary/aromatic N) is 2. The number of carbonyl (C=O) groups is 2. The minimum Gasteiger partial charge on any atom is -0.488 e. The van der Waals surface area contributed by atoms with Gasteiger partial charge in [-0.25, -0.2) is 4.79 Å². The van der Waals surface area contributed by atoms with Crippen molar-refractivity contribution in [3.63, 3.8) is 0 Å². The number of amides is 3. The summed E-state index contributed by atoms with van der Waals surface area (Å²) in [6, 6.07) is 22.8. The Hall–Kier alpha value is -4.61. The number of rotatable bonds is 8. The quantitative estimate of drug-likeness (QED) is 0.196. The van der Waals surface area contributed by atoms with E-state index in [2.05, 4.69) is 10.6 Å². The van der Waals surface area contributed by atoms with Gasteiger partial charge in [0, 0.05) is 42.2 Å². The molecule has 4 aromatic carbocycles. The standard InChI is InChI=1S/C36H39F3N4O4/c1-23-19-43(24(2)22-44)34(45)18-27-17-29(40-35(46)41-31-10-6-8-26-7-4-5-9-30(26)31)15-16-32(27)47-33(23)21-42(3)20-25-11-13-28(14-12-25)36(37,38)39/h4-17,23-24,33,44H,18-22H2,1-3H3,(H2,40,41,46)/t23-,24-,33-/m1/s1. The summed E-state index contributed by atoms with van der Waals surface area (Å²) in [5.74, 6) is 0.161. The molecule has 0 bridgehead atoms. The van der Waals surface area contributed by atoms with Crippen LogP contribution < -0.4 is 15.4 Å². The molecule has 11 heteroatoms. The van der Waals surface area contributed by atoms with Crippen LogP contribution in [0.1, 0.15) is 30.5 Å². The van der Waals surface area contributed by atoms with Gasteiger partial charge in [0.1, 0.15) is 11.9 Å². The highest BCUT2D eigenvalue weighted by atomic mass is 19.4. The first-order chi connectivity index (χ1) is 22.4. The van der Waals surface area contributed by atoms with E-state index in [1.165, 1.54) is 12.1 Å². The summed E-state index contributed by atoms with van der Waals surface area (Å²) in [5.41, 5.74) is 1.74. The van der Waals surface area contributed by atoms with Crippen molar-refractivity contribution < 1.29 is 32.6 Å². The zero-order valence-corrected chi connectivity index (χ0v) is 26.6. The molecule has 1 heterocycles. The Bertz CT molecular complexity index is 1710. The summed E-state index contributed by atoms with van der Waals surface area (Å²) in [6.07, 6.45) is -4.80. The van der Waals surface area contributed by atoms with Gasteiger partial charge in [0.15, 0.2) is 0 Å². The fourth-order valence-electron chi connectivity index (χ4n) is 5.83. The zero-order valence-electron chi connectivity index (χ0n) is 26.6. The van der Waals surface area contributed by atoms with Crippen LogP contribution in [0.25, 0.3) is 10.8 Å². The van der Waals surface area contributed by atoms with Crippen LogP contribution >= 0.6 is 0 Å². The number of carbonyl (C=O) groups excluding carboxylic acids is 2. The van der Waals surface area contributed by atoms with Gasteiger partial charge in [0.2, 0.25) is 5.91 Å². The van der Waals surface area contributed by atoms with Crippen LogP contribution in [-0.4, -0.2) is 65.7 Å². The van der Waals surface area contributed by atoms with E-state index in [0.717, 1.165) is 28.5 Å². The summed E-state index contributed by atoms with van der Waals surface area (Å²) < 4.78 is 45.7. The van der Waals surface area contributed by atoms with Gasteiger partial charge >= 0.3 is 12.2 Å². The van der Waals surface area contributed by atoms with Crippen molar-refractivity contribution in [2.24, 2.45) is 5.92 Å². The monoisotopic (exact) mass is 648 g/mol. The molecule has 4 aromatic rings. The van der Waals surface area contributed by atoms with Crippen LogP contribution in [0.15, 0.2) is 84.9 Å². The molecule has 0 unspecified atom stereocenters. The molecule has 0 saturated carbocycles. The number of hydrogen-bond acceptors (Lipinski definition) is 5. The second kappa shape index (κ2) is 14.4. The molecule has 47 heavy (non-hydrogen) atoms. The van der Waals surface area contributed by atoms with E-state index in [9.17, 15) is 27.9 Å². The number of hydrogen-bond donors (Lipinski definition) is 3. The van der Waals surface area contributed by atoms with Gasteiger partial charge in [-0.15, -0.1) is 0 Å². The number of anilines is 2. The van der Waals surface area contributed by atoms with E-state index in [1.54, 1.807) is 30.0 Å². The maximum Gasteiger partial charge on any atom is 0.416 e. The van der Waals surface area contributed by atoms with Gasteiger partial charge in [0.25, 0.3) is 0 Å². The van der Waals surface area contributed by atoms with Crippen LogP contribution in [0.4, 0.5) is 29.3 Å². The molecular weight excluding hydrogens is 609 g/mol. The third kappa shape index (κ3) is 8.41. The number of ether oxygens (including phenoxy) is 1. The summed E-state index contributed by atoms with van der Waals surface area (Å²) in [5, 5.41) is 17.6. The van der Waals surface area contributed by atoms with E-state index in [1.807, 2.05) is 61.3 Å². The van der Waals surface area contributed by atoms with Crippen LogP contribution in [0.5, 0.6) is 5.75 Å². The molecule has 248 valence electrons. The van der Waals surface area contributed by atoms with Crippen molar-refractivity contribution in [3.8, 4) is 5.75 Å². The lowest BCUT2D eigenvalue weighted by Crippen LogP contribution is -2.47. The lowest BCUT2D eigenvalue weighted by Gasteiger charge is -2.34. The average Bonchev–Trinajstić information content (AvgIpc) is 3.08. The largest absolute Gasteiger partial charge is 0.488 e. The summed E-state index contributed by atoms with van der Waals surface area (Å²) in [4.78, 5) is 30.2. The van der Waals surface area contributed by atoms with E-state index >= 15 is 0 Å². The Morgan fingerprint density at radius 1 is 1.04 bits per heavy atom. The van der Waals surface area contributed by atoms with Crippen LogP contribution in [0.2, 0.25) is 0 Å². The van der Waals surface area contributed by atoms with E-state index in [0.29, 0.717) is 42.3 Å². The second-order valence-electron chi connectivity index (χ2n) is 12.2. The minimum atomic E-state index is -4.40. The Morgan fingerprint density at radius 3 is 2.49 bits per heavy atom. The normalized spacial score (nSPS) is 17.7. The highest BCUT2D eigenvalue weighted by Crippen LogP contribution is 2.31. The van der Waals surface area contributed by atoms with Crippen molar-refractivity contribution in [2.75, 3.05) is 37.4 Å². The van der Waals surface area contributed by atoms with Gasteiger partial charge in [-0.1, -0.05) is 55.5 Å². The van der Waals surface area contributed by atoms with Gasteiger partial charge < -0.3 is 25.4 Å². The topological polar surface area (TPSA) is 94.1 Å². The van der Waals surface area contributed by atoms with E-state index in [4.69, 9.17) is 4.74 Å². The van der Waals surface area contributed by atoms with Crippen LogP contribution in [-0.2, 0) is 23.9 Å². The number of urea groups is 1. The molecule has 0 aliphatic carbocycles. The zero-order chi connectivity index (χ0) is 33.7. The van der Waals surface area contributed by atoms with Gasteiger partial charge in [-0.2, -0.15) is 13.2 Å². The number of benzene rings is 4. The van der Waals surface area contributed by atoms with E-state index < -0.39 is 29.9 Å². The predicted molar refractivity (Wildman–Crippen MR) is 176 cm³/mol. The molecule has 8 nitrogen and oxygen atoms in total. The molecule has 3 atom stereocenters. The first kappa shape index (κ1) is 33.7. The number of alkyl halides is 3.